The van der Waals surface area contributed by atoms with Gasteiger partial charge in [0, 0.05) is 23.3 Å². The third-order valence-electron chi connectivity index (χ3n) is 3.73. The van der Waals surface area contributed by atoms with Gasteiger partial charge in [-0.05, 0) is 38.2 Å². The summed E-state index contributed by atoms with van der Waals surface area (Å²) >= 11 is 0. The summed E-state index contributed by atoms with van der Waals surface area (Å²) < 4.78 is 2.25. The molecule has 3 rings (SSSR count). The second kappa shape index (κ2) is 5.47. The van der Waals surface area contributed by atoms with E-state index in [0.29, 0.717) is 6.04 Å². The van der Waals surface area contributed by atoms with Crippen molar-refractivity contribution in [1.82, 2.24) is 14.9 Å². The first-order valence-electron chi connectivity index (χ1n) is 6.95. The van der Waals surface area contributed by atoms with Crippen LogP contribution in [0.4, 0.5) is 0 Å². The number of aromatic nitrogens is 2. The van der Waals surface area contributed by atoms with E-state index in [1.807, 2.05) is 19.2 Å². The molecule has 20 heavy (non-hydrogen) atoms. The molecule has 1 unspecified atom stereocenters. The highest BCUT2D eigenvalue weighted by Gasteiger charge is 2.08. The van der Waals surface area contributed by atoms with Crippen molar-refractivity contribution in [2.75, 3.05) is 7.05 Å². The van der Waals surface area contributed by atoms with Gasteiger partial charge in [0.25, 0.3) is 0 Å². The standard InChI is InChI=1S/C17H19N3/c1-13(18-2)17-8-5-11-20(17)12-15-10-9-14-6-3-4-7-16(14)19-15/h3-11,13,18H,12H2,1-2H3. The molecule has 1 aromatic carbocycles. The molecule has 0 fully saturated rings. The summed E-state index contributed by atoms with van der Waals surface area (Å²) in [5.74, 6) is 0. The van der Waals surface area contributed by atoms with Gasteiger partial charge in [0.2, 0.25) is 0 Å². The molecule has 0 bridgehead atoms. The Hall–Kier alpha value is -2.13. The Morgan fingerprint density at radius 1 is 1.10 bits per heavy atom. The molecule has 3 nitrogen and oxygen atoms in total. The van der Waals surface area contributed by atoms with Crippen LogP contribution in [0, 0.1) is 0 Å². The average Bonchev–Trinajstić information content (AvgIpc) is 2.94. The van der Waals surface area contributed by atoms with Gasteiger partial charge in [-0.2, -0.15) is 0 Å². The monoisotopic (exact) mass is 265 g/mol. The molecule has 0 spiro atoms. The quantitative estimate of drug-likeness (QED) is 0.784. The number of rotatable bonds is 4. The van der Waals surface area contributed by atoms with Gasteiger partial charge in [-0.25, -0.2) is 0 Å². The van der Waals surface area contributed by atoms with Crippen LogP contribution in [0.25, 0.3) is 10.9 Å². The number of nitrogens with zero attached hydrogens (tertiary/aromatic N) is 2. The molecular weight excluding hydrogens is 246 g/mol. The average molecular weight is 265 g/mol. The SMILES string of the molecule is CNC(C)c1cccn1Cc1ccc2ccccc2n1. The number of nitrogens with one attached hydrogen (secondary N) is 1. The minimum atomic E-state index is 0.338. The summed E-state index contributed by atoms with van der Waals surface area (Å²) in [5, 5.41) is 4.47. The van der Waals surface area contributed by atoms with Crippen LogP contribution in [-0.4, -0.2) is 16.6 Å². The van der Waals surface area contributed by atoms with Crippen LogP contribution >= 0.6 is 0 Å². The lowest BCUT2D eigenvalue weighted by Gasteiger charge is -2.14. The van der Waals surface area contributed by atoms with E-state index in [0.717, 1.165) is 17.8 Å². The van der Waals surface area contributed by atoms with E-state index >= 15 is 0 Å². The Bertz CT molecular complexity index is 715. The van der Waals surface area contributed by atoms with Gasteiger partial charge in [-0.15, -0.1) is 0 Å². The molecule has 102 valence electrons. The zero-order valence-corrected chi connectivity index (χ0v) is 11.9. The molecule has 2 heterocycles. The fraction of sp³-hybridized carbons (Fsp3) is 0.235. The van der Waals surface area contributed by atoms with Gasteiger partial charge in [0.1, 0.15) is 0 Å². The summed E-state index contributed by atoms with van der Waals surface area (Å²) in [6, 6.07) is 17.1. The zero-order chi connectivity index (χ0) is 13.9. The summed E-state index contributed by atoms with van der Waals surface area (Å²) in [4.78, 5) is 4.74. The molecule has 0 saturated heterocycles. The highest BCUT2D eigenvalue weighted by Crippen LogP contribution is 2.16. The van der Waals surface area contributed by atoms with Gasteiger partial charge in [-0.1, -0.05) is 24.3 Å². The number of fused-ring (bicyclic) bond motifs is 1. The van der Waals surface area contributed by atoms with Crippen molar-refractivity contribution in [1.29, 1.82) is 0 Å². The molecule has 0 radical (unpaired) electrons. The van der Waals surface area contributed by atoms with E-state index in [9.17, 15) is 0 Å². The molecular formula is C17H19N3. The van der Waals surface area contributed by atoms with Crippen molar-refractivity contribution in [3.05, 3.63) is 66.1 Å². The summed E-state index contributed by atoms with van der Waals surface area (Å²) in [7, 11) is 1.98. The van der Waals surface area contributed by atoms with Crippen molar-refractivity contribution in [2.24, 2.45) is 0 Å². The van der Waals surface area contributed by atoms with Gasteiger partial charge in [0.15, 0.2) is 0 Å². The fourth-order valence-corrected chi connectivity index (χ4v) is 2.48. The van der Waals surface area contributed by atoms with Crippen LogP contribution in [0.1, 0.15) is 24.4 Å². The van der Waals surface area contributed by atoms with Crippen LogP contribution < -0.4 is 5.32 Å². The van der Waals surface area contributed by atoms with Gasteiger partial charge >= 0.3 is 0 Å². The second-order valence-electron chi connectivity index (χ2n) is 5.07. The molecule has 2 aromatic heterocycles. The first-order valence-corrected chi connectivity index (χ1v) is 6.95. The predicted octanol–water partition coefficient (Wildman–Crippen LogP) is 3.37. The van der Waals surface area contributed by atoms with E-state index in [1.165, 1.54) is 11.1 Å². The normalized spacial score (nSPS) is 12.7. The molecule has 0 saturated carbocycles. The minimum absolute atomic E-state index is 0.338. The number of benzene rings is 1. The fourth-order valence-electron chi connectivity index (χ4n) is 2.48. The molecule has 0 amide bonds. The Morgan fingerprint density at radius 3 is 2.80 bits per heavy atom. The Labute approximate surface area is 119 Å². The van der Waals surface area contributed by atoms with Crippen LogP contribution in [0.5, 0.6) is 0 Å². The third-order valence-corrected chi connectivity index (χ3v) is 3.73. The Morgan fingerprint density at radius 2 is 1.95 bits per heavy atom. The molecule has 0 aliphatic rings. The van der Waals surface area contributed by atoms with Gasteiger partial charge in [-0.3, -0.25) is 4.98 Å². The highest BCUT2D eigenvalue weighted by molar-refractivity contribution is 5.78. The van der Waals surface area contributed by atoms with Crippen LogP contribution in [0.15, 0.2) is 54.7 Å². The number of hydrogen-bond donors (Lipinski definition) is 1. The smallest absolute Gasteiger partial charge is 0.0706 e. The van der Waals surface area contributed by atoms with Crippen LogP contribution in [-0.2, 0) is 6.54 Å². The predicted molar refractivity (Wildman–Crippen MR) is 82.8 cm³/mol. The third kappa shape index (κ3) is 2.45. The Balaban J connectivity index is 1.91. The second-order valence-corrected chi connectivity index (χ2v) is 5.07. The van der Waals surface area contributed by atoms with Crippen molar-refractivity contribution in [2.45, 2.75) is 19.5 Å². The van der Waals surface area contributed by atoms with Crippen LogP contribution in [0.2, 0.25) is 0 Å². The van der Waals surface area contributed by atoms with E-state index in [1.54, 1.807) is 0 Å². The largest absolute Gasteiger partial charge is 0.344 e. The maximum absolute atomic E-state index is 4.74. The number of hydrogen-bond acceptors (Lipinski definition) is 2. The molecule has 1 N–H and O–H groups in total. The minimum Gasteiger partial charge on any atom is -0.344 e. The van der Waals surface area contributed by atoms with E-state index in [-0.39, 0.29) is 0 Å². The maximum atomic E-state index is 4.74. The summed E-state index contributed by atoms with van der Waals surface area (Å²) in [6.07, 6.45) is 2.11. The van der Waals surface area contributed by atoms with Crippen molar-refractivity contribution >= 4 is 10.9 Å². The molecule has 3 aromatic rings. The topological polar surface area (TPSA) is 29.9 Å². The summed E-state index contributed by atoms with van der Waals surface area (Å²) in [6.45, 7) is 2.97. The lowest BCUT2D eigenvalue weighted by Crippen LogP contribution is -2.17. The molecule has 0 aliphatic heterocycles. The van der Waals surface area contributed by atoms with Crippen molar-refractivity contribution in [3.63, 3.8) is 0 Å². The van der Waals surface area contributed by atoms with Crippen molar-refractivity contribution in [3.8, 4) is 0 Å². The summed E-state index contributed by atoms with van der Waals surface area (Å²) in [5.41, 5.74) is 3.42. The molecule has 1 atom stereocenters. The van der Waals surface area contributed by atoms with E-state index < -0.39 is 0 Å². The van der Waals surface area contributed by atoms with E-state index in [2.05, 4.69) is 59.4 Å². The van der Waals surface area contributed by atoms with Crippen LogP contribution in [0.3, 0.4) is 0 Å². The zero-order valence-electron chi connectivity index (χ0n) is 11.9. The lowest BCUT2D eigenvalue weighted by molar-refractivity contribution is 0.587. The van der Waals surface area contributed by atoms with Crippen molar-refractivity contribution < 1.29 is 0 Å². The number of para-hydroxylation sites is 1. The van der Waals surface area contributed by atoms with E-state index in [4.69, 9.17) is 4.98 Å². The van der Waals surface area contributed by atoms with Gasteiger partial charge in [0.05, 0.1) is 17.8 Å². The first-order chi connectivity index (χ1) is 9.78. The molecule has 3 heteroatoms. The lowest BCUT2D eigenvalue weighted by atomic mass is 10.2. The number of pyridine rings is 1. The molecule has 0 aliphatic carbocycles. The first kappa shape index (κ1) is 12.9. The maximum Gasteiger partial charge on any atom is 0.0706 e. The van der Waals surface area contributed by atoms with Gasteiger partial charge < -0.3 is 9.88 Å². The highest BCUT2D eigenvalue weighted by atomic mass is 15.0. The Kier molecular flexibility index (Phi) is 3.52.